The largest absolute Gasteiger partial charge is 0.480 e. The Hall–Kier alpha value is -1.30. The van der Waals surface area contributed by atoms with Crippen LogP contribution in [0.15, 0.2) is 18.2 Å². The van der Waals surface area contributed by atoms with Crippen LogP contribution in [0.1, 0.15) is 6.92 Å². The number of anilines is 1. The van der Waals surface area contributed by atoms with Crippen molar-refractivity contribution in [2.24, 2.45) is 0 Å². The van der Waals surface area contributed by atoms with Gasteiger partial charge < -0.3 is 10.4 Å². The van der Waals surface area contributed by atoms with Gasteiger partial charge in [0.05, 0.1) is 16.6 Å². The third-order valence-electron chi connectivity index (χ3n) is 2.14. The van der Waals surface area contributed by atoms with E-state index in [-0.39, 0.29) is 12.5 Å². The monoisotopic (exact) mass is 290 g/mol. The molecule has 1 rings (SSSR count). The first-order valence-corrected chi connectivity index (χ1v) is 5.87. The molecule has 3 N–H and O–H groups in total. The maximum absolute atomic E-state index is 11.5. The van der Waals surface area contributed by atoms with Gasteiger partial charge in [-0.1, -0.05) is 23.2 Å². The molecule has 0 spiro atoms. The van der Waals surface area contributed by atoms with Crippen molar-refractivity contribution in [3.05, 3.63) is 28.2 Å². The van der Waals surface area contributed by atoms with E-state index in [0.29, 0.717) is 15.7 Å². The number of carboxylic acid groups (broad SMARTS) is 1. The van der Waals surface area contributed by atoms with Gasteiger partial charge in [-0.3, -0.25) is 14.9 Å². The van der Waals surface area contributed by atoms with Crippen LogP contribution in [-0.2, 0) is 9.59 Å². The van der Waals surface area contributed by atoms with Crippen LogP contribution in [0, 0.1) is 0 Å². The van der Waals surface area contributed by atoms with Crippen LogP contribution in [0.2, 0.25) is 10.0 Å². The molecule has 98 valence electrons. The van der Waals surface area contributed by atoms with Crippen molar-refractivity contribution >= 4 is 40.8 Å². The lowest BCUT2D eigenvalue weighted by Gasteiger charge is -2.10. The normalized spacial score (nSPS) is 11.9. The highest BCUT2D eigenvalue weighted by Gasteiger charge is 2.11. The lowest BCUT2D eigenvalue weighted by molar-refractivity contribution is -0.139. The molecule has 0 aromatic heterocycles. The van der Waals surface area contributed by atoms with Crippen molar-refractivity contribution in [2.75, 3.05) is 11.9 Å². The summed E-state index contributed by atoms with van der Waals surface area (Å²) in [6, 6.07) is 3.90. The molecule has 0 radical (unpaired) electrons. The Morgan fingerprint density at radius 1 is 1.33 bits per heavy atom. The fourth-order valence-corrected chi connectivity index (χ4v) is 1.41. The summed E-state index contributed by atoms with van der Waals surface area (Å²) >= 11 is 11.5. The van der Waals surface area contributed by atoms with Gasteiger partial charge >= 0.3 is 5.97 Å². The summed E-state index contributed by atoms with van der Waals surface area (Å²) < 4.78 is 0. The average molecular weight is 291 g/mol. The molecule has 0 aliphatic rings. The third kappa shape index (κ3) is 4.52. The van der Waals surface area contributed by atoms with Crippen LogP contribution < -0.4 is 10.6 Å². The number of hydrogen-bond donors (Lipinski definition) is 3. The Kier molecular flexibility index (Phi) is 5.40. The van der Waals surface area contributed by atoms with E-state index in [9.17, 15) is 9.59 Å². The van der Waals surface area contributed by atoms with Crippen molar-refractivity contribution in [1.29, 1.82) is 0 Å². The zero-order chi connectivity index (χ0) is 13.7. The Bertz CT molecular complexity index is 466. The zero-order valence-corrected chi connectivity index (χ0v) is 11.0. The number of amides is 1. The van der Waals surface area contributed by atoms with E-state index >= 15 is 0 Å². The van der Waals surface area contributed by atoms with Gasteiger partial charge in [0.15, 0.2) is 0 Å². The molecule has 1 aromatic rings. The van der Waals surface area contributed by atoms with Crippen LogP contribution in [0.4, 0.5) is 5.69 Å². The van der Waals surface area contributed by atoms with Gasteiger partial charge in [-0.2, -0.15) is 0 Å². The van der Waals surface area contributed by atoms with Crippen LogP contribution >= 0.6 is 23.2 Å². The lowest BCUT2D eigenvalue weighted by atomic mass is 10.3. The SMILES string of the molecule is CC(NCC(=O)Nc1ccc(Cl)c(Cl)c1)C(=O)O. The first-order valence-electron chi connectivity index (χ1n) is 5.11. The fourth-order valence-electron chi connectivity index (χ4n) is 1.11. The summed E-state index contributed by atoms with van der Waals surface area (Å²) in [5, 5.41) is 14.5. The number of benzene rings is 1. The van der Waals surface area contributed by atoms with Crippen molar-refractivity contribution in [3.63, 3.8) is 0 Å². The van der Waals surface area contributed by atoms with E-state index in [1.165, 1.54) is 13.0 Å². The predicted octanol–water partition coefficient (Wildman–Crippen LogP) is 1.99. The summed E-state index contributed by atoms with van der Waals surface area (Å²) in [5.74, 6) is -1.38. The molecule has 18 heavy (non-hydrogen) atoms. The first kappa shape index (κ1) is 14.8. The van der Waals surface area contributed by atoms with Crippen molar-refractivity contribution < 1.29 is 14.7 Å². The standard InChI is InChI=1S/C11H12Cl2N2O3/c1-6(11(17)18)14-5-10(16)15-7-2-3-8(12)9(13)4-7/h2-4,6,14H,5H2,1H3,(H,15,16)(H,17,18). The molecule has 0 aliphatic carbocycles. The topological polar surface area (TPSA) is 78.4 Å². The Balaban J connectivity index is 2.49. The molecule has 1 aromatic carbocycles. The number of carbonyl (C=O) groups excluding carboxylic acids is 1. The van der Waals surface area contributed by atoms with E-state index < -0.39 is 12.0 Å². The lowest BCUT2D eigenvalue weighted by Crippen LogP contribution is -2.39. The number of carbonyl (C=O) groups is 2. The van der Waals surface area contributed by atoms with Crippen LogP contribution in [0.5, 0.6) is 0 Å². The van der Waals surface area contributed by atoms with E-state index in [1.807, 2.05) is 0 Å². The summed E-state index contributed by atoms with van der Waals surface area (Å²) in [6.45, 7) is 1.35. The number of hydrogen-bond acceptors (Lipinski definition) is 3. The number of nitrogens with one attached hydrogen (secondary N) is 2. The maximum Gasteiger partial charge on any atom is 0.320 e. The molecule has 1 unspecified atom stereocenters. The van der Waals surface area contributed by atoms with Gasteiger partial charge in [0.1, 0.15) is 6.04 Å². The Morgan fingerprint density at radius 2 is 2.00 bits per heavy atom. The quantitative estimate of drug-likeness (QED) is 0.775. The van der Waals surface area contributed by atoms with E-state index in [2.05, 4.69) is 10.6 Å². The minimum atomic E-state index is -1.02. The molecule has 0 aliphatic heterocycles. The third-order valence-corrected chi connectivity index (χ3v) is 2.88. The van der Waals surface area contributed by atoms with Gasteiger partial charge in [0, 0.05) is 5.69 Å². The highest BCUT2D eigenvalue weighted by molar-refractivity contribution is 6.42. The molecule has 0 bridgehead atoms. The number of halogens is 2. The summed E-state index contributed by atoms with van der Waals surface area (Å²) in [4.78, 5) is 22.0. The van der Waals surface area contributed by atoms with E-state index in [4.69, 9.17) is 28.3 Å². The van der Waals surface area contributed by atoms with Crippen molar-refractivity contribution in [3.8, 4) is 0 Å². The molecule has 7 heteroatoms. The minimum absolute atomic E-state index is 0.103. The van der Waals surface area contributed by atoms with Crippen LogP contribution in [-0.4, -0.2) is 29.6 Å². The minimum Gasteiger partial charge on any atom is -0.480 e. The maximum atomic E-state index is 11.5. The van der Waals surface area contributed by atoms with Gasteiger partial charge in [0.2, 0.25) is 5.91 Å². The average Bonchev–Trinajstić information content (AvgIpc) is 2.30. The van der Waals surface area contributed by atoms with Crippen LogP contribution in [0.25, 0.3) is 0 Å². The second kappa shape index (κ2) is 6.58. The molecular weight excluding hydrogens is 279 g/mol. The molecule has 5 nitrogen and oxygen atoms in total. The summed E-state index contributed by atoms with van der Waals surface area (Å²) in [7, 11) is 0. The Morgan fingerprint density at radius 3 is 2.56 bits per heavy atom. The smallest absolute Gasteiger partial charge is 0.320 e. The van der Waals surface area contributed by atoms with E-state index in [0.717, 1.165) is 0 Å². The molecule has 0 saturated carbocycles. The second-order valence-corrected chi connectivity index (χ2v) is 4.43. The molecule has 0 fully saturated rings. The zero-order valence-electron chi connectivity index (χ0n) is 9.54. The molecule has 1 atom stereocenters. The van der Waals surface area contributed by atoms with Gasteiger partial charge in [-0.05, 0) is 25.1 Å². The fraction of sp³-hybridized carbons (Fsp3) is 0.273. The molecular formula is C11H12Cl2N2O3. The number of carboxylic acids is 1. The highest BCUT2D eigenvalue weighted by atomic mass is 35.5. The molecule has 0 heterocycles. The number of aliphatic carboxylic acids is 1. The second-order valence-electron chi connectivity index (χ2n) is 3.62. The molecule has 1 amide bonds. The Labute approximate surface area is 114 Å². The molecule has 0 saturated heterocycles. The summed E-state index contributed by atoms with van der Waals surface area (Å²) in [6.07, 6.45) is 0. The number of rotatable bonds is 5. The van der Waals surface area contributed by atoms with Gasteiger partial charge in [-0.25, -0.2) is 0 Å². The van der Waals surface area contributed by atoms with Crippen molar-refractivity contribution in [2.45, 2.75) is 13.0 Å². The van der Waals surface area contributed by atoms with Gasteiger partial charge in [0.25, 0.3) is 0 Å². The summed E-state index contributed by atoms with van der Waals surface area (Å²) in [5.41, 5.74) is 0.499. The highest BCUT2D eigenvalue weighted by Crippen LogP contribution is 2.24. The van der Waals surface area contributed by atoms with Crippen molar-refractivity contribution in [1.82, 2.24) is 5.32 Å². The van der Waals surface area contributed by atoms with Crippen LogP contribution in [0.3, 0.4) is 0 Å². The predicted molar refractivity (Wildman–Crippen MR) is 70.2 cm³/mol. The first-order chi connectivity index (χ1) is 8.40. The van der Waals surface area contributed by atoms with E-state index in [1.54, 1.807) is 12.1 Å². The van der Waals surface area contributed by atoms with Gasteiger partial charge in [-0.15, -0.1) is 0 Å².